The molecule has 0 bridgehead atoms. The Morgan fingerprint density at radius 3 is 2.95 bits per heavy atom. The van der Waals surface area contributed by atoms with Gasteiger partial charge in [0.25, 0.3) is 0 Å². The highest BCUT2D eigenvalue weighted by Crippen LogP contribution is 2.17. The van der Waals surface area contributed by atoms with Crippen molar-refractivity contribution in [3.05, 3.63) is 34.3 Å². The molecule has 1 saturated heterocycles. The number of hydrogen-bond acceptors (Lipinski definition) is 2. The molecule has 19 heavy (non-hydrogen) atoms. The molecule has 1 aromatic carbocycles. The standard InChI is InChI=1S/C16H25BrN2/c1-13(10-16-8-3-4-9-18-16)19(2)12-14-6-5-7-15(17)11-14/h5-7,11,13,16,18H,3-4,8-10,12H2,1-2H3. The molecule has 1 aliphatic rings. The third kappa shape index (κ3) is 4.90. The fourth-order valence-corrected chi connectivity index (χ4v) is 3.24. The van der Waals surface area contributed by atoms with Gasteiger partial charge in [-0.3, -0.25) is 4.90 Å². The highest BCUT2D eigenvalue weighted by atomic mass is 79.9. The Bertz CT molecular complexity index is 388. The van der Waals surface area contributed by atoms with Gasteiger partial charge < -0.3 is 5.32 Å². The number of nitrogens with one attached hydrogen (secondary N) is 1. The summed E-state index contributed by atoms with van der Waals surface area (Å²) in [7, 11) is 2.23. The number of nitrogens with zero attached hydrogens (tertiary/aromatic N) is 1. The van der Waals surface area contributed by atoms with Crippen LogP contribution in [0.15, 0.2) is 28.7 Å². The van der Waals surface area contributed by atoms with E-state index in [2.05, 4.69) is 64.4 Å². The third-order valence-corrected chi connectivity index (χ3v) is 4.60. The van der Waals surface area contributed by atoms with Gasteiger partial charge in [0.05, 0.1) is 0 Å². The Morgan fingerprint density at radius 1 is 1.42 bits per heavy atom. The summed E-state index contributed by atoms with van der Waals surface area (Å²) in [5.74, 6) is 0. The van der Waals surface area contributed by atoms with Gasteiger partial charge >= 0.3 is 0 Å². The summed E-state index contributed by atoms with van der Waals surface area (Å²) < 4.78 is 1.17. The highest BCUT2D eigenvalue weighted by molar-refractivity contribution is 9.10. The van der Waals surface area contributed by atoms with Gasteiger partial charge in [0.15, 0.2) is 0 Å². The van der Waals surface area contributed by atoms with Gasteiger partial charge in [-0.25, -0.2) is 0 Å². The molecule has 2 nitrogen and oxygen atoms in total. The van der Waals surface area contributed by atoms with Crippen molar-refractivity contribution >= 4 is 15.9 Å². The lowest BCUT2D eigenvalue weighted by atomic mass is 9.98. The van der Waals surface area contributed by atoms with Gasteiger partial charge in [-0.15, -0.1) is 0 Å². The molecule has 1 aliphatic heterocycles. The molecule has 1 aromatic rings. The first kappa shape index (κ1) is 15.0. The van der Waals surface area contributed by atoms with E-state index in [4.69, 9.17) is 0 Å². The van der Waals surface area contributed by atoms with E-state index in [0.29, 0.717) is 12.1 Å². The smallest absolute Gasteiger partial charge is 0.0233 e. The molecule has 106 valence electrons. The second-order valence-electron chi connectivity index (χ2n) is 5.78. The van der Waals surface area contributed by atoms with Crippen LogP contribution in [0.25, 0.3) is 0 Å². The average molecular weight is 325 g/mol. The number of hydrogen-bond donors (Lipinski definition) is 1. The van der Waals surface area contributed by atoms with Crippen LogP contribution in [-0.4, -0.2) is 30.6 Å². The molecule has 0 radical (unpaired) electrons. The van der Waals surface area contributed by atoms with E-state index in [0.717, 1.165) is 6.54 Å². The second-order valence-corrected chi connectivity index (χ2v) is 6.69. The lowest BCUT2D eigenvalue weighted by molar-refractivity contribution is 0.209. The van der Waals surface area contributed by atoms with Gasteiger partial charge in [0.1, 0.15) is 0 Å². The van der Waals surface area contributed by atoms with Crippen molar-refractivity contribution in [3.8, 4) is 0 Å². The van der Waals surface area contributed by atoms with Gasteiger partial charge in [0.2, 0.25) is 0 Å². The minimum absolute atomic E-state index is 0.620. The fraction of sp³-hybridized carbons (Fsp3) is 0.625. The van der Waals surface area contributed by atoms with Gasteiger partial charge in [-0.1, -0.05) is 34.5 Å². The van der Waals surface area contributed by atoms with Gasteiger partial charge in [0, 0.05) is 23.1 Å². The Morgan fingerprint density at radius 2 is 2.26 bits per heavy atom. The molecule has 0 aliphatic carbocycles. The minimum Gasteiger partial charge on any atom is -0.314 e. The van der Waals surface area contributed by atoms with E-state index < -0.39 is 0 Å². The Balaban J connectivity index is 1.82. The summed E-state index contributed by atoms with van der Waals surface area (Å²) in [6.45, 7) is 4.56. The lowest BCUT2D eigenvalue weighted by Crippen LogP contribution is -2.40. The van der Waals surface area contributed by atoms with Crippen molar-refractivity contribution < 1.29 is 0 Å². The zero-order valence-corrected chi connectivity index (χ0v) is 13.6. The largest absolute Gasteiger partial charge is 0.314 e. The van der Waals surface area contributed by atoms with E-state index in [-0.39, 0.29) is 0 Å². The molecule has 1 heterocycles. The van der Waals surface area contributed by atoms with Crippen molar-refractivity contribution in [2.75, 3.05) is 13.6 Å². The molecule has 0 spiro atoms. The summed E-state index contributed by atoms with van der Waals surface area (Å²) in [6, 6.07) is 9.94. The van der Waals surface area contributed by atoms with E-state index in [1.54, 1.807) is 0 Å². The Hall–Kier alpha value is -0.380. The molecule has 2 atom stereocenters. The summed E-state index contributed by atoms with van der Waals surface area (Å²) in [5, 5.41) is 3.64. The van der Waals surface area contributed by atoms with Crippen LogP contribution in [0.5, 0.6) is 0 Å². The van der Waals surface area contributed by atoms with Crippen molar-refractivity contribution in [2.24, 2.45) is 0 Å². The molecule has 0 aromatic heterocycles. The van der Waals surface area contributed by atoms with Crippen molar-refractivity contribution in [3.63, 3.8) is 0 Å². The molecule has 1 fully saturated rings. The SMILES string of the molecule is CC(CC1CCCCN1)N(C)Cc1cccc(Br)c1. The average Bonchev–Trinajstić information content (AvgIpc) is 2.40. The first-order valence-corrected chi connectivity index (χ1v) is 8.12. The topological polar surface area (TPSA) is 15.3 Å². The first-order chi connectivity index (χ1) is 9.15. The van der Waals surface area contributed by atoms with Crippen molar-refractivity contribution in [1.82, 2.24) is 10.2 Å². The van der Waals surface area contributed by atoms with Crippen LogP contribution in [-0.2, 0) is 6.54 Å². The first-order valence-electron chi connectivity index (χ1n) is 7.33. The lowest BCUT2D eigenvalue weighted by Gasteiger charge is -2.31. The molecular weight excluding hydrogens is 300 g/mol. The molecular formula is C16H25BrN2. The van der Waals surface area contributed by atoms with Crippen LogP contribution in [0.4, 0.5) is 0 Å². The molecule has 2 rings (SSSR count). The van der Waals surface area contributed by atoms with Crippen LogP contribution in [0, 0.1) is 0 Å². The van der Waals surface area contributed by atoms with Crippen LogP contribution in [0.1, 0.15) is 38.2 Å². The summed E-state index contributed by atoms with van der Waals surface area (Å²) in [6.07, 6.45) is 5.33. The predicted molar refractivity (Wildman–Crippen MR) is 85.3 cm³/mol. The fourth-order valence-electron chi connectivity index (χ4n) is 2.80. The quantitative estimate of drug-likeness (QED) is 0.886. The zero-order chi connectivity index (χ0) is 13.7. The normalized spacial score (nSPS) is 21.6. The third-order valence-electron chi connectivity index (χ3n) is 4.11. The Labute approximate surface area is 125 Å². The summed E-state index contributed by atoms with van der Waals surface area (Å²) in [4.78, 5) is 2.46. The minimum atomic E-state index is 0.620. The zero-order valence-electron chi connectivity index (χ0n) is 12.0. The number of benzene rings is 1. The summed E-state index contributed by atoms with van der Waals surface area (Å²) in [5.41, 5.74) is 1.38. The molecule has 3 heteroatoms. The molecule has 0 amide bonds. The van der Waals surface area contributed by atoms with Crippen LogP contribution in [0.3, 0.4) is 0 Å². The maximum absolute atomic E-state index is 3.64. The maximum atomic E-state index is 3.64. The van der Waals surface area contributed by atoms with E-state index >= 15 is 0 Å². The van der Waals surface area contributed by atoms with Gasteiger partial charge in [-0.05, 0) is 57.5 Å². The predicted octanol–water partition coefficient (Wildman–Crippen LogP) is 3.80. The van der Waals surface area contributed by atoms with Crippen LogP contribution >= 0.6 is 15.9 Å². The van der Waals surface area contributed by atoms with Crippen molar-refractivity contribution in [1.29, 1.82) is 0 Å². The maximum Gasteiger partial charge on any atom is 0.0233 e. The molecule has 0 saturated carbocycles. The second kappa shape index (κ2) is 7.41. The van der Waals surface area contributed by atoms with E-state index in [1.165, 1.54) is 42.3 Å². The summed E-state index contributed by atoms with van der Waals surface area (Å²) >= 11 is 3.54. The Kier molecular flexibility index (Phi) is 5.86. The number of piperidine rings is 1. The molecule has 1 N–H and O–H groups in total. The monoisotopic (exact) mass is 324 g/mol. The highest BCUT2D eigenvalue weighted by Gasteiger charge is 2.18. The van der Waals surface area contributed by atoms with Crippen molar-refractivity contribution in [2.45, 2.75) is 51.2 Å². The van der Waals surface area contributed by atoms with E-state index in [1.807, 2.05) is 0 Å². The number of halogens is 1. The van der Waals surface area contributed by atoms with E-state index in [9.17, 15) is 0 Å². The van der Waals surface area contributed by atoms with Gasteiger partial charge in [-0.2, -0.15) is 0 Å². The van der Waals surface area contributed by atoms with Crippen LogP contribution < -0.4 is 5.32 Å². The molecule has 2 unspecified atom stereocenters. The number of rotatable bonds is 5. The van der Waals surface area contributed by atoms with Crippen LogP contribution in [0.2, 0.25) is 0 Å².